The topological polar surface area (TPSA) is 47.1 Å². The first-order chi connectivity index (χ1) is 9.66. The summed E-state index contributed by atoms with van der Waals surface area (Å²) in [4.78, 5) is 0. The van der Waals surface area contributed by atoms with Crippen LogP contribution in [-0.4, -0.2) is 23.4 Å². The van der Waals surface area contributed by atoms with Gasteiger partial charge in [0, 0.05) is 12.0 Å². The molecule has 0 saturated heterocycles. The Balaban J connectivity index is 2.09. The summed E-state index contributed by atoms with van der Waals surface area (Å²) in [7, 11) is 0. The first kappa shape index (κ1) is 13.1. The van der Waals surface area contributed by atoms with Crippen molar-refractivity contribution in [2.24, 2.45) is 0 Å². The molecule has 3 rings (SSSR count). The van der Waals surface area contributed by atoms with Crippen LogP contribution in [0.25, 0.3) is 11.3 Å². The third-order valence-corrected chi connectivity index (χ3v) is 3.95. The molecule has 1 aromatic carbocycles. The molecule has 2 aromatic rings. The summed E-state index contributed by atoms with van der Waals surface area (Å²) >= 11 is 5.20. The molecule has 4 nitrogen and oxygen atoms in total. The number of aromatic nitrogens is 2. The van der Waals surface area contributed by atoms with Crippen molar-refractivity contribution in [3.63, 3.8) is 0 Å². The highest BCUT2D eigenvalue weighted by Crippen LogP contribution is 2.34. The van der Waals surface area contributed by atoms with Crippen molar-refractivity contribution in [1.29, 1.82) is 0 Å². The molecule has 1 aliphatic heterocycles. The van der Waals surface area contributed by atoms with Gasteiger partial charge in [-0.2, -0.15) is 5.10 Å². The number of fused-ring (bicyclic) bond motifs is 1. The molecule has 1 N–H and O–H groups in total. The van der Waals surface area contributed by atoms with Crippen molar-refractivity contribution >= 4 is 12.2 Å². The SMILES string of the molecule is Cc1c(-c2ccc3c(c2)OCCCO3)n[nH]c(=S)c1C. The second-order valence-corrected chi connectivity index (χ2v) is 5.27. The number of H-pyrrole nitrogens is 1. The van der Waals surface area contributed by atoms with Crippen molar-refractivity contribution < 1.29 is 9.47 Å². The van der Waals surface area contributed by atoms with Crippen LogP contribution in [0.4, 0.5) is 0 Å². The summed E-state index contributed by atoms with van der Waals surface area (Å²) < 4.78 is 12.0. The van der Waals surface area contributed by atoms with Gasteiger partial charge in [0.05, 0.1) is 18.9 Å². The third-order valence-electron chi connectivity index (χ3n) is 3.55. The second-order valence-electron chi connectivity index (χ2n) is 4.86. The van der Waals surface area contributed by atoms with Crippen LogP contribution in [0.15, 0.2) is 18.2 Å². The van der Waals surface area contributed by atoms with Gasteiger partial charge >= 0.3 is 0 Å². The fraction of sp³-hybridized carbons (Fsp3) is 0.333. The number of ether oxygens (including phenoxy) is 2. The predicted molar refractivity (Wildman–Crippen MR) is 79.9 cm³/mol. The number of aromatic amines is 1. The standard InChI is InChI=1S/C15H16N2O2S/c1-9-10(2)15(20)17-16-14(9)11-4-5-12-13(8-11)19-7-3-6-18-12/h4-5,8H,3,6-7H2,1-2H3,(H,17,20). The summed E-state index contributed by atoms with van der Waals surface area (Å²) in [6.45, 7) is 5.41. The molecule has 0 aliphatic carbocycles. The summed E-state index contributed by atoms with van der Waals surface area (Å²) in [5.74, 6) is 1.57. The van der Waals surface area contributed by atoms with Crippen molar-refractivity contribution in [2.75, 3.05) is 13.2 Å². The molecule has 1 aliphatic rings. The molecule has 0 amide bonds. The monoisotopic (exact) mass is 288 g/mol. The average Bonchev–Trinajstić information content (AvgIpc) is 2.69. The van der Waals surface area contributed by atoms with E-state index in [1.165, 1.54) is 0 Å². The zero-order chi connectivity index (χ0) is 14.1. The Hall–Kier alpha value is -1.88. The van der Waals surface area contributed by atoms with Crippen LogP contribution in [0, 0.1) is 18.5 Å². The minimum atomic E-state index is 0.680. The van der Waals surface area contributed by atoms with Gasteiger partial charge in [0.15, 0.2) is 11.5 Å². The van der Waals surface area contributed by atoms with E-state index in [0.717, 1.165) is 40.3 Å². The van der Waals surface area contributed by atoms with Crippen LogP contribution < -0.4 is 9.47 Å². The Labute approximate surface area is 122 Å². The first-order valence-corrected chi connectivity index (χ1v) is 7.03. The molecule has 104 valence electrons. The largest absolute Gasteiger partial charge is 0.490 e. The molecule has 0 spiro atoms. The van der Waals surface area contributed by atoms with Crippen LogP contribution in [0.2, 0.25) is 0 Å². The summed E-state index contributed by atoms with van der Waals surface area (Å²) in [6.07, 6.45) is 0.902. The molecule has 0 radical (unpaired) electrons. The number of rotatable bonds is 1. The first-order valence-electron chi connectivity index (χ1n) is 6.62. The van der Waals surface area contributed by atoms with E-state index in [-0.39, 0.29) is 0 Å². The Morgan fingerprint density at radius 2 is 1.85 bits per heavy atom. The maximum Gasteiger partial charge on any atom is 0.161 e. The number of hydrogen-bond acceptors (Lipinski definition) is 4. The van der Waals surface area contributed by atoms with Gasteiger partial charge in [-0.15, -0.1) is 0 Å². The van der Waals surface area contributed by atoms with Crippen LogP contribution in [0.3, 0.4) is 0 Å². The van der Waals surface area contributed by atoms with E-state index < -0.39 is 0 Å². The molecule has 2 heterocycles. The maximum absolute atomic E-state index is 5.72. The highest BCUT2D eigenvalue weighted by Gasteiger charge is 2.14. The minimum absolute atomic E-state index is 0.680. The fourth-order valence-electron chi connectivity index (χ4n) is 2.21. The lowest BCUT2D eigenvalue weighted by atomic mass is 10.0. The van der Waals surface area contributed by atoms with Crippen LogP contribution >= 0.6 is 12.2 Å². The fourth-order valence-corrected chi connectivity index (χ4v) is 2.41. The molecule has 5 heteroatoms. The van der Waals surface area contributed by atoms with Gasteiger partial charge in [-0.25, -0.2) is 0 Å². The van der Waals surface area contributed by atoms with Gasteiger partial charge in [-0.1, -0.05) is 12.2 Å². The lowest BCUT2D eigenvalue weighted by Crippen LogP contribution is -1.98. The lowest BCUT2D eigenvalue weighted by molar-refractivity contribution is 0.297. The second kappa shape index (κ2) is 5.25. The van der Waals surface area contributed by atoms with Crippen molar-refractivity contribution in [3.8, 4) is 22.8 Å². The van der Waals surface area contributed by atoms with E-state index in [9.17, 15) is 0 Å². The maximum atomic E-state index is 5.72. The highest BCUT2D eigenvalue weighted by atomic mass is 32.1. The number of benzene rings is 1. The predicted octanol–water partition coefficient (Wildman–Crippen LogP) is 3.58. The average molecular weight is 288 g/mol. The smallest absolute Gasteiger partial charge is 0.161 e. The number of hydrogen-bond donors (Lipinski definition) is 1. The van der Waals surface area contributed by atoms with Gasteiger partial charge in [0.2, 0.25) is 0 Å². The van der Waals surface area contributed by atoms with Gasteiger partial charge in [0.25, 0.3) is 0 Å². The van der Waals surface area contributed by atoms with E-state index in [1.54, 1.807) is 0 Å². The van der Waals surface area contributed by atoms with E-state index in [1.807, 2.05) is 32.0 Å². The molecule has 0 unspecified atom stereocenters. The van der Waals surface area contributed by atoms with Gasteiger partial charge < -0.3 is 9.47 Å². The molecule has 0 fully saturated rings. The normalized spacial score (nSPS) is 13.9. The zero-order valence-corrected chi connectivity index (χ0v) is 12.3. The Kier molecular flexibility index (Phi) is 3.44. The zero-order valence-electron chi connectivity index (χ0n) is 11.5. The van der Waals surface area contributed by atoms with Gasteiger partial charge in [-0.05, 0) is 43.2 Å². The quantitative estimate of drug-likeness (QED) is 0.815. The minimum Gasteiger partial charge on any atom is -0.490 e. The van der Waals surface area contributed by atoms with Crippen molar-refractivity contribution in [2.45, 2.75) is 20.3 Å². The molecule has 0 saturated carbocycles. The van der Waals surface area contributed by atoms with Crippen LogP contribution in [0.1, 0.15) is 17.5 Å². The Morgan fingerprint density at radius 3 is 2.65 bits per heavy atom. The highest BCUT2D eigenvalue weighted by molar-refractivity contribution is 7.71. The summed E-state index contributed by atoms with van der Waals surface area (Å²) in [5.41, 5.74) is 4.04. The van der Waals surface area contributed by atoms with Crippen LogP contribution in [-0.2, 0) is 0 Å². The molecule has 1 aromatic heterocycles. The molecule has 20 heavy (non-hydrogen) atoms. The van der Waals surface area contributed by atoms with E-state index in [2.05, 4.69) is 10.2 Å². The number of nitrogens with zero attached hydrogens (tertiary/aromatic N) is 1. The number of nitrogens with one attached hydrogen (secondary N) is 1. The van der Waals surface area contributed by atoms with Crippen molar-refractivity contribution in [3.05, 3.63) is 34.0 Å². The molecular weight excluding hydrogens is 272 g/mol. The molecular formula is C15H16N2O2S. The molecule has 0 atom stereocenters. The van der Waals surface area contributed by atoms with Gasteiger partial charge in [-0.3, -0.25) is 5.10 Å². The summed E-state index contributed by atoms with van der Waals surface area (Å²) in [5, 5.41) is 7.25. The third kappa shape index (κ3) is 2.29. The van der Waals surface area contributed by atoms with E-state index >= 15 is 0 Å². The van der Waals surface area contributed by atoms with Gasteiger partial charge in [0.1, 0.15) is 4.64 Å². The van der Waals surface area contributed by atoms with E-state index in [0.29, 0.717) is 17.9 Å². The van der Waals surface area contributed by atoms with E-state index in [4.69, 9.17) is 21.7 Å². The lowest BCUT2D eigenvalue weighted by Gasteiger charge is -2.11. The Bertz CT molecular complexity index is 710. The van der Waals surface area contributed by atoms with Crippen molar-refractivity contribution in [1.82, 2.24) is 10.2 Å². The molecule has 0 bridgehead atoms. The Morgan fingerprint density at radius 1 is 1.10 bits per heavy atom. The van der Waals surface area contributed by atoms with Crippen LogP contribution in [0.5, 0.6) is 11.5 Å². The summed E-state index contributed by atoms with van der Waals surface area (Å²) in [6, 6.07) is 5.92.